The average molecular weight is 323 g/mol. The Morgan fingerprint density at radius 2 is 1.55 bits per heavy atom. The van der Waals surface area contributed by atoms with Crippen molar-refractivity contribution in [1.29, 1.82) is 0 Å². The summed E-state index contributed by atoms with van der Waals surface area (Å²) in [6.45, 7) is 0.897. The Kier molecular flexibility index (Phi) is 6.72. The van der Waals surface area contributed by atoms with E-state index >= 15 is 0 Å². The van der Waals surface area contributed by atoms with Crippen LogP contribution in [0.3, 0.4) is 0 Å². The first-order valence-corrected chi connectivity index (χ1v) is 8.36. The van der Waals surface area contributed by atoms with Crippen molar-refractivity contribution in [3.63, 3.8) is 0 Å². The van der Waals surface area contributed by atoms with Gasteiger partial charge in [0.1, 0.15) is 0 Å². The smallest absolute Gasteiger partial charge is 0.251 e. The van der Waals surface area contributed by atoms with Gasteiger partial charge in [0.2, 0.25) is 5.91 Å². The summed E-state index contributed by atoms with van der Waals surface area (Å²) >= 11 is 5.78. The lowest BCUT2D eigenvalue weighted by atomic mass is 9.99. The van der Waals surface area contributed by atoms with Gasteiger partial charge in [-0.2, -0.15) is 0 Å². The number of benzene rings is 1. The molecule has 1 aliphatic rings. The quantitative estimate of drug-likeness (QED) is 0.646. The van der Waals surface area contributed by atoms with Crippen LogP contribution in [0.4, 0.5) is 0 Å². The van der Waals surface area contributed by atoms with E-state index in [1.165, 1.54) is 12.8 Å². The second-order valence-electron chi connectivity index (χ2n) is 5.74. The summed E-state index contributed by atoms with van der Waals surface area (Å²) < 4.78 is 0. The Morgan fingerprint density at radius 1 is 0.955 bits per heavy atom. The lowest BCUT2D eigenvalue weighted by Crippen LogP contribution is -2.37. The summed E-state index contributed by atoms with van der Waals surface area (Å²) in [5.41, 5.74) is 0.569. The maximum atomic E-state index is 12.1. The van der Waals surface area contributed by atoms with Crippen molar-refractivity contribution >= 4 is 23.4 Å². The van der Waals surface area contributed by atoms with E-state index in [0.717, 1.165) is 25.7 Å². The van der Waals surface area contributed by atoms with Crippen LogP contribution < -0.4 is 10.6 Å². The third-order valence-electron chi connectivity index (χ3n) is 4.04. The molecule has 2 N–H and O–H groups in total. The summed E-state index contributed by atoms with van der Waals surface area (Å²) in [6.07, 6.45) is 6.74. The Balaban J connectivity index is 1.66. The zero-order valence-electron chi connectivity index (χ0n) is 12.7. The molecule has 120 valence electrons. The molecule has 1 aliphatic carbocycles. The Labute approximate surface area is 136 Å². The van der Waals surface area contributed by atoms with Crippen LogP contribution in [0.1, 0.15) is 48.9 Å². The van der Waals surface area contributed by atoms with E-state index < -0.39 is 0 Å². The molecule has 2 amide bonds. The van der Waals surface area contributed by atoms with E-state index in [-0.39, 0.29) is 17.7 Å². The highest BCUT2D eigenvalue weighted by Gasteiger charge is 2.19. The van der Waals surface area contributed by atoms with Gasteiger partial charge in [-0.1, -0.05) is 37.3 Å². The van der Waals surface area contributed by atoms with E-state index in [9.17, 15) is 9.59 Å². The predicted octanol–water partition coefficient (Wildman–Crippen LogP) is 3.16. The molecule has 5 heteroatoms. The Hall–Kier alpha value is -1.55. The molecule has 0 radical (unpaired) electrons. The van der Waals surface area contributed by atoms with E-state index in [1.54, 1.807) is 24.3 Å². The van der Waals surface area contributed by atoms with Gasteiger partial charge in [-0.3, -0.25) is 9.59 Å². The molecular formula is C17H23ClN2O2. The monoisotopic (exact) mass is 322 g/mol. The number of hydrogen-bond acceptors (Lipinski definition) is 2. The van der Waals surface area contributed by atoms with E-state index in [2.05, 4.69) is 10.6 Å². The summed E-state index contributed by atoms with van der Waals surface area (Å²) in [6, 6.07) is 6.73. The van der Waals surface area contributed by atoms with Crippen LogP contribution in [0.25, 0.3) is 0 Å². The molecule has 0 aromatic heterocycles. The van der Waals surface area contributed by atoms with Gasteiger partial charge in [0.15, 0.2) is 0 Å². The predicted molar refractivity (Wildman–Crippen MR) is 88.0 cm³/mol. The molecule has 4 nitrogen and oxygen atoms in total. The largest absolute Gasteiger partial charge is 0.354 e. The summed E-state index contributed by atoms with van der Waals surface area (Å²) in [5.74, 6) is 0.123. The normalized spacial score (nSPS) is 15.9. The molecule has 0 heterocycles. The van der Waals surface area contributed by atoms with Gasteiger partial charge in [-0.05, 0) is 37.1 Å². The molecule has 1 saturated carbocycles. The van der Waals surface area contributed by atoms with E-state index in [4.69, 9.17) is 11.6 Å². The minimum atomic E-state index is -0.152. The van der Waals surface area contributed by atoms with Crippen molar-refractivity contribution in [3.05, 3.63) is 34.9 Å². The lowest BCUT2D eigenvalue weighted by Gasteiger charge is -2.14. The fraction of sp³-hybridized carbons (Fsp3) is 0.529. The first-order valence-electron chi connectivity index (χ1n) is 7.98. The highest BCUT2D eigenvalue weighted by atomic mass is 35.5. The molecule has 1 fully saturated rings. The number of carbonyl (C=O) groups excluding carboxylic acids is 2. The third-order valence-corrected chi connectivity index (χ3v) is 4.29. The highest BCUT2D eigenvalue weighted by Crippen LogP contribution is 2.22. The number of carbonyl (C=O) groups is 2. The molecule has 1 aromatic rings. The highest BCUT2D eigenvalue weighted by molar-refractivity contribution is 6.30. The molecule has 22 heavy (non-hydrogen) atoms. The third kappa shape index (κ3) is 5.34. The zero-order valence-corrected chi connectivity index (χ0v) is 13.5. The van der Waals surface area contributed by atoms with Gasteiger partial charge in [0, 0.05) is 29.6 Å². The van der Waals surface area contributed by atoms with Crippen molar-refractivity contribution in [2.24, 2.45) is 5.92 Å². The number of halogens is 1. The molecule has 0 atom stereocenters. The van der Waals surface area contributed by atoms with Gasteiger partial charge in [0.05, 0.1) is 0 Å². The summed E-state index contributed by atoms with van der Waals surface area (Å²) in [5, 5.41) is 6.32. The van der Waals surface area contributed by atoms with Crippen molar-refractivity contribution in [2.45, 2.75) is 38.5 Å². The van der Waals surface area contributed by atoms with Gasteiger partial charge in [0.25, 0.3) is 5.91 Å². The van der Waals surface area contributed by atoms with Gasteiger partial charge in [-0.15, -0.1) is 0 Å². The molecule has 0 saturated heterocycles. The topological polar surface area (TPSA) is 58.2 Å². The summed E-state index contributed by atoms with van der Waals surface area (Å²) in [7, 11) is 0. The molecule has 0 bridgehead atoms. The number of amides is 2. The fourth-order valence-corrected chi connectivity index (χ4v) is 2.88. The standard InChI is InChI=1S/C17H23ClN2O2/c18-15-9-7-14(8-10-15)17(22)20-12-11-19-16(21)13-5-3-1-2-4-6-13/h7-10,13H,1-6,11-12H2,(H,19,21)(H,20,22). The minimum Gasteiger partial charge on any atom is -0.354 e. The van der Waals surface area contributed by atoms with Crippen molar-refractivity contribution in [2.75, 3.05) is 13.1 Å². The lowest BCUT2D eigenvalue weighted by molar-refractivity contribution is -0.125. The second kappa shape index (κ2) is 8.79. The second-order valence-corrected chi connectivity index (χ2v) is 6.18. The van der Waals surface area contributed by atoms with Gasteiger partial charge in [-0.25, -0.2) is 0 Å². The Morgan fingerprint density at radius 3 is 2.18 bits per heavy atom. The molecule has 0 spiro atoms. The fourth-order valence-electron chi connectivity index (χ4n) is 2.75. The molecule has 0 unspecified atom stereocenters. The molecule has 0 aliphatic heterocycles. The van der Waals surface area contributed by atoms with Crippen molar-refractivity contribution < 1.29 is 9.59 Å². The number of hydrogen-bond donors (Lipinski definition) is 2. The van der Waals surface area contributed by atoms with Crippen LogP contribution in [0, 0.1) is 5.92 Å². The summed E-state index contributed by atoms with van der Waals surface area (Å²) in [4.78, 5) is 23.9. The molecule has 1 aromatic carbocycles. The van der Waals surface area contributed by atoms with Crippen LogP contribution in [0.5, 0.6) is 0 Å². The SMILES string of the molecule is O=C(NCCNC(=O)C1CCCCCC1)c1ccc(Cl)cc1. The van der Waals surface area contributed by atoms with Gasteiger partial charge < -0.3 is 10.6 Å². The Bertz CT molecular complexity index is 494. The van der Waals surface area contributed by atoms with Crippen molar-refractivity contribution in [1.82, 2.24) is 10.6 Å². The van der Waals surface area contributed by atoms with Crippen LogP contribution in [-0.4, -0.2) is 24.9 Å². The van der Waals surface area contributed by atoms with Crippen LogP contribution in [0.2, 0.25) is 5.02 Å². The molecule has 2 rings (SSSR count). The van der Waals surface area contributed by atoms with E-state index in [0.29, 0.717) is 23.7 Å². The maximum Gasteiger partial charge on any atom is 0.251 e. The molecular weight excluding hydrogens is 300 g/mol. The van der Waals surface area contributed by atoms with Crippen LogP contribution in [-0.2, 0) is 4.79 Å². The van der Waals surface area contributed by atoms with Crippen LogP contribution in [0.15, 0.2) is 24.3 Å². The maximum absolute atomic E-state index is 12.1. The van der Waals surface area contributed by atoms with Gasteiger partial charge >= 0.3 is 0 Å². The van der Waals surface area contributed by atoms with Crippen LogP contribution >= 0.6 is 11.6 Å². The number of nitrogens with one attached hydrogen (secondary N) is 2. The first kappa shape index (κ1) is 16.8. The average Bonchev–Trinajstić information content (AvgIpc) is 2.81. The minimum absolute atomic E-state index is 0.127. The van der Waals surface area contributed by atoms with Crippen molar-refractivity contribution in [3.8, 4) is 0 Å². The zero-order chi connectivity index (χ0) is 15.8. The first-order chi connectivity index (χ1) is 10.7. The number of rotatable bonds is 5. The van der Waals surface area contributed by atoms with E-state index in [1.807, 2.05) is 0 Å².